The molecule has 1 heterocycles. The smallest absolute Gasteiger partial charge is 0.315 e. The normalized spacial score (nSPS) is 10.6. The summed E-state index contributed by atoms with van der Waals surface area (Å²) in [6.07, 6.45) is 0. The maximum Gasteiger partial charge on any atom is 0.315 e. The second kappa shape index (κ2) is 8.33. The molecule has 0 saturated carbocycles. The molecule has 0 fully saturated rings. The number of aromatic nitrogens is 2. The third kappa shape index (κ3) is 4.56. The molecule has 0 atom stereocenters. The number of nitrogens with one attached hydrogen (secondary N) is 2. The molecule has 0 aliphatic rings. The van der Waals surface area contributed by atoms with Crippen molar-refractivity contribution in [2.45, 2.75) is 27.3 Å². The predicted molar refractivity (Wildman–Crippen MR) is 89.8 cm³/mol. The van der Waals surface area contributed by atoms with Crippen molar-refractivity contribution in [3.8, 4) is 5.69 Å². The SMILES string of the molecule is CCOCCNC(=O)NCc1c(C)nn(-c2ccccc2)c1C. The van der Waals surface area contributed by atoms with Gasteiger partial charge in [0.25, 0.3) is 0 Å². The molecule has 0 aliphatic carbocycles. The number of hydrogen-bond donors (Lipinski definition) is 2. The van der Waals surface area contributed by atoms with Gasteiger partial charge in [0.1, 0.15) is 0 Å². The Labute approximate surface area is 136 Å². The Morgan fingerprint density at radius 3 is 2.65 bits per heavy atom. The first-order chi connectivity index (χ1) is 11.1. The molecular formula is C17H24N4O2. The highest BCUT2D eigenvalue weighted by Gasteiger charge is 2.13. The zero-order valence-electron chi connectivity index (χ0n) is 13.9. The van der Waals surface area contributed by atoms with Gasteiger partial charge in [-0.2, -0.15) is 5.10 Å². The summed E-state index contributed by atoms with van der Waals surface area (Å²) in [5.41, 5.74) is 4.00. The Balaban J connectivity index is 1.96. The Hall–Kier alpha value is -2.34. The number of benzene rings is 1. The molecule has 2 aromatic rings. The highest BCUT2D eigenvalue weighted by molar-refractivity contribution is 5.73. The van der Waals surface area contributed by atoms with E-state index in [2.05, 4.69) is 15.7 Å². The average Bonchev–Trinajstić information content (AvgIpc) is 2.85. The van der Waals surface area contributed by atoms with Gasteiger partial charge < -0.3 is 15.4 Å². The van der Waals surface area contributed by atoms with E-state index in [-0.39, 0.29) is 6.03 Å². The van der Waals surface area contributed by atoms with E-state index in [4.69, 9.17) is 4.74 Å². The molecule has 0 bridgehead atoms. The summed E-state index contributed by atoms with van der Waals surface area (Å²) < 4.78 is 7.08. The van der Waals surface area contributed by atoms with Crippen molar-refractivity contribution in [3.05, 3.63) is 47.3 Å². The summed E-state index contributed by atoms with van der Waals surface area (Å²) in [5.74, 6) is 0. The maximum atomic E-state index is 11.8. The van der Waals surface area contributed by atoms with Gasteiger partial charge >= 0.3 is 6.03 Å². The molecule has 124 valence electrons. The Morgan fingerprint density at radius 2 is 1.96 bits per heavy atom. The average molecular weight is 316 g/mol. The Kier molecular flexibility index (Phi) is 6.17. The molecule has 2 rings (SSSR count). The van der Waals surface area contributed by atoms with Crippen LogP contribution in [0.15, 0.2) is 30.3 Å². The molecule has 1 aromatic heterocycles. The fourth-order valence-electron chi connectivity index (χ4n) is 2.36. The summed E-state index contributed by atoms with van der Waals surface area (Å²) >= 11 is 0. The lowest BCUT2D eigenvalue weighted by atomic mass is 10.2. The predicted octanol–water partition coefficient (Wildman–Crippen LogP) is 2.32. The van der Waals surface area contributed by atoms with Crippen molar-refractivity contribution in [1.29, 1.82) is 0 Å². The molecule has 0 saturated heterocycles. The molecule has 2 amide bonds. The minimum Gasteiger partial charge on any atom is -0.380 e. The van der Waals surface area contributed by atoms with Crippen LogP contribution in [-0.2, 0) is 11.3 Å². The van der Waals surface area contributed by atoms with Crippen molar-refractivity contribution in [2.75, 3.05) is 19.8 Å². The summed E-state index contributed by atoms with van der Waals surface area (Å²) in [7, 11) is 0. The molecule has 23 heavy (non-hydrogen) atoms. The van der Waals surface area contributed by atoms with Gasteiger partial charge in [0, 0.05) is 31.0 Å². The quantitative estimate of drug-likeness (QED) is 0.770. The number of hydrogen-bond acceptors (Lipinski definition) is 3. The fourth-order valence-corrected chi connectivity index (χ4v) is 2.36. The van der Waals surface area contributed by atoms with Crippen molar-refractivity contribution in [2.24, 2.45) is 0 Å². The van der Waals surface area contributed by atoms with Crippen molar-refractivity contribution < 1.29 is 9.53 Å². The maximum absolute atomic E-state index is 11.8. The van der Waals surface area contributed by atoms with Crippen LogP contribution < -0.4 is 10.6 Å². The van der Waals surface area contributed by atoms with Gasteiger partial charge in [0.2, 0.25) is 0 Å². The molecular weight excluding hydrogens is 292 g/mol. The number of rotatable bonds is 7. The van der Waals surface area contributed by atoms with Crippen LogP contribution in [-0.4, -0.2) is 35.6 Å². The van der Waals surface area contributed by atoms with Gasteiger partial charge in [0.15, 0.2) is 0 Å². The number of carbonyl (C=O) groups excluding carboxylic acids is 1. The van der Waals surface area contributed by atoms with Crippen molar-refractivity contribution >= 4 is 6.03 Å². The zero-order chi connectivity index (χ0) is 16.7. The van der Waals surface area contributed by atoms with Gasteiger partial charge in [-0.3, -0.25) is 0 Å². The van der Waals surface area contributed by atoms with E-state index < -0.39 is 0 Å². The molecule has 0 unspecified atom stereocenters. The van der Waals surface area contributed by atoms with E-state index in [0.29, 0.717) is 26.3 Å². The number of nitrogens with zero attached hydrogens (tertiary/aromatic N) is 2. The first kappa shape index (κ1) is 17.0. The first-order valence-corrected chi connectivity index (χ1v) is 7.83. The van der Waals surface area contributed by atoms with Gasteiger partial charge in [-0.1, -0.05) is 18.2 Å². The summed E-state index contributed by atoms with van der Waals surface area (Å²) in [4.78, 5) is 11.8. The van der Waals surface area contributed by atoms with Crippen LogP contribution in [0, 0.1) is 13.8 Å². The highest BCUT2D eigenvalue weighted by Crippen LogP contribution is 2.17. The third-order valence-electron chi connectivity index (χ3n) is 3.60. The van der Waals surface area contributed by atoms with Gasteiger partial charge in [-0.15, -0.1) is 0 Å². The van der Waals surface area contributed by atoms with Crippen LogP contribution in [0.4, 0.5) is 4.79 Å². The Bertz CT molecular complexity index is 638. The Morgan fingerprint density at radius 1 is 1.22 bits per heavy atom. The summed E-state index contributed by atoms with van der Waals surface area (Å²) in [6.45, 7) is 8.02. The van der Waals surface area contributed by atoms with Gasteiger partial charge in [0.05, 0.1) is 18.0 Å². The van der Waals surface area contributed by atoms with Crippen molar-refractivity contribution in [1.82, 2.24) is 20.4 Å². The summed E-state index contributed by atoms with van der Waals surface area (Å²) in [6, 6.07) is 9.76. The van der Waals surface area contributed by atoms with Crippen LogP contribution >= 0.6 is 0 Å². The molecule has 1 aromatic carbocycles. The fraction of sp³-hybridized carbons (Fsp3) is 0.412. The highest BCUT2D eigenvalue weighted by atomic mass is 16.5. The second-order valence-electron chi connectivity index (χ2n) is 5.20. The number of urea groups is 1. The van der Waals surface area contributed by atoms with E-state index in [9.17, 15) is 4.79 Å². The van der Waals surface area contributed by atoms with E-state index in [0.717, 1.165) is 22.6 Å². The third-order valence-corrected chi connectivity index (χ3v) is 3.60. The van der Waals surface area contributed by atoms with Gasteiger partial charge in [-0.25, -0.2) is 9.48 Å². The van der Waals surface area contributed by atoms with Crippen LogP contribution in [0.3, 0.4) is 0 Å². The molecule has 6 nitrogen and oxygen atoms in total. The number of para-hydroxylation sites is 1. The number of aryl methyl sites for hydroxylation is 1. The first-order valence-electron chi connectivity index (χ1n) is 7.83. The lowest BCUT2D eigenvalue weighted by Gasteiger charge is -2.08. The second-order valence-corrected chi connectivity index (χ2v) is 5.20. The molecule has 0 aliphatic heterocycles. The number of amides is 2. The zero-order valence-corrected chi connectivity index (χ0v) is 13.9. The monoisotopic (exact) mass is 316 g/mol. The molecule has 0 spiro atoms. The molecule has 2 N–H and O–H groups in total. The van der Waals surface area contributed by atoms with E-state index >= 15 is 0 Å². The minimum atomic E-state index is -0.198. The number of carbonyl (C=O) groups is 1. The largest absolute Gasteiger partial charge is 0.380 e. The van der Waals surface area contributed by atoms with Gasteiger partial charge in [-0.05, 0) is 32.9 Å². The summed E-state index contributed by atoms with van der Waals surface area (Å²) in [5, 5.41) is 10.2. The standard InChI is InChI=1S/C17H24N4O2/c1-4-23-11-10-18-17(22)19-12-16-13(2)20-21(14(16)3)15-8-6-5-7-9-15/h5-9H,4,10-12H2,1-3H3,(H2,18,19,22). The van der Waals surface area contributed by atoms with Crippen molar-refractivity contribution in [3.63, 3.8) is 0 Å². The lowest BCUT2D eigenvalue weighted by Crippen LogP contribution is -2.37. The lowest BCUT2D eigenvalue weighted by molar-refractivity contribution is 0.149. The van der Waals surface area contributed by atoms with Crippen LogP contribution in [0.25, 0.3) is 5.69 Å². The topological polar surface area (TPSA) is 68.2 Å². The van der Waals surface area contributed by atoms with Crippen LogP contribution in [0.5, 0.6) is 0 Å². The van der Waals surface area contributed by atoms with Crippen LogP contribution in [0.2, 0.25) is 0 Å². The van der Waals surface area contributed by atoms with Crippen LogP contribution in [0.1, 0.15) is 23.9 Å². The van der Waals surface area contributed by atoms with E-state index in [1.807, 2.05) is 55.8 Å². The van der Waals surface area contributed by atoms with E-state index in [1.165, 1.54) is 0 Å². The number of ether oxygens (including phenoxy) is 1. The molecule has 6 heteroatoms. The van der Waals surface area contributed by atoms with E-state index in [1.54, 1.807) is 0 Å². The minimum absolute atomic E-state index is 0.198. The molecule has 0 radical (unpaired) electrons.